The number of carbonyl (C=O) groups excluding carboxylic acids is 1. The van der Waals surface area contributed by atoms with Crippen LogP contribution in [-0.4, -0.2) is 49.8 Å². The Morgan fingerprint density at radius 3 is 2.62 bits per heavy atom. The summed E-state index contributed by atoms with van der Waals surface area (Å²) in [4.78, 5) is 16.1. The van der Waals surface area contributed by atoms with Crippen LogP contribution in [0.25, 0.3) is 0 Å². The first kappa shape index (κ1) is 19.8. The number of aryl methyl sites for hydroxylation is 1. The van der Waals surface area contributed by atoms with Crippen molar-refractivity contribution in [3.8, 4) is 5.75 Å². The lowest BCUT2D eigenvalue weighted by Gasteiger charge is -2.22. The third kappa shape index (κ3) is 6.07. The molecule has 8 nitrogen and oxygen atoms in total. The number of nitrogens with one attached hydrogen (secondary N) is 1. The van der Waals surface area contributed by atoms with Crippen LogP contribution in [0.5, 0.6) is 5.75 Å². The number of sulfonamides is 1. The number of hydrogen-bond donors (Lipinski definition) is 1. The topological polar surface area (TPSA) is 93.5 Å². The summed E-state index contributed by atoms with van der Waals surface area (Å²) in [5, 5.41) is 2.75. The van der Waals surface area contributed by atoms with Crippen molar-refractivity contribution < 1.29 is 17.9 Å². The van der Waals surface area contributed by atoms with Gasteiger partial charge in [-0.25, -0.2) is 13.4 Å². The molecule has 0 atom stereocenters. The lowest BCUT2D eigenvalue weighted by molar-refractivity contribution is -0.119. The first-order chi connectivity index (χ1) is 12.4. The molecule has 26 heavy (non-hydrogen) atoms. The molecule has 2 rings (SSSR count). The molecular weight excluding hydrogens is 356 g/mol. The summed E-state index contributed by atoms with van der Waals surface area (Å²) in [6.07, 6.45) is 7.05. The van der Waals surface area contributed by atoms with Gasteiger partial charge in [-0.15, -0.1) is 0 Å². The van der Waals surface area contributed by atoms with Crippen LogP contribution in [-0.2, 0) is 21.4 Å². The Labute approximate surface area is 153 Å². The maximum absolute atomic E-state index is 12.1. The average Bonchev–Trinajstić information content (AvgIpc) is 3.10. The van der Waals surface area contributed by atoms with E-state index >= 15 is 0 Å². The van der Waals surface area contributed by atoms with Gasteiger partial charge in [0.05, 0.1) is 24.9 Å². The molecule has 0 radical (unpaired) electrons. The van der Waals surface area contributed by atoms with Gasteiger partial charge in [-0.05, 0) is 37.6 Å². The Morgan fingerprint density at radius 2 is 2.04 bits per heavy atom. The number of rotatable bonds is 10. The number of carbonyl (C=O) groups is 1. The van der Waals surface area contributed by atoms with Crippen LogP contribution in [0.3, 0.4) is 0 Å². The number of imidazole rings is 1. The van der Waals surface area contributed by atoms with E-state index in [-0.39, 0.29) is 12.5 Å². The highest BCUT2D eigenvalue weighted by Gasteiger charge is 2.20. The minimum atomic E-state index is -3.58. The fourth-order valence-electron chi connectivity index (χ4n) is 2.37. The summed E-state index contributed by atoms with van der Waals surface area (Å²) in [5.74, 6) is 0.295. The fourth-order valence-corrected chi connectivity index (χ4v) is 3.23. The van der Waals surface area contributed by atoms with E-state index in [2.05, 4.69) is 10.3 Å². The van der Waals surface area contributed by atoms with Crippen molar-refractivity contribution in [3.63, 3.8) is 0 Å². The van der Waals surface area contributed by atoms with Gasteiger partial charge >= 0.3 is 0 Å². The van der Waals surface area contributed by atoms with Gasteiger partial charge in [-0.1, -0.05) is 0 Å². The molecule has 0 unspecified atom stereocenters. The Kier molecular flexibility index (Phi) is 7.02. The highest BCUT2D eigenvalue weighted by molar-refractivity contribution is 7.92. The summed E-state index contributed by atoms with van der Waals surface area (Å²) in [7, 11) is -3.58. The van der Waals surface area contributed by atoms with Crippen molar-refractivity contribution >= 4 is 21.6 Å². The first-order valence-electron chi connectivity index (χ1n) is 8.33. The molecule has 0 aliphatic rings. The van der Waals surface area contributed by atoms with Gasteiger partial charge in [0.15, 0.2) is 0 Å². The molecule has 142 valence electrons. The van der Waals surface area contributed by atoms with Crippen LogP contribution in [0.2, 0.25) is 0 Å². The molecule has 0 aliphatic heterocycles. The van der Waals surface area contributed by atoms with Crippen molar-refractivity contribution in [2.75, 3.05) is 30.3 Å². The Balaban J connectivity index is 1.91. The molecule has 1 N–H and O–H groups in total. The van der Waals surface area contributed by atoms with E-state index in [1.54, 1.807) is 36.8 Å². The van der Waals surface area contributed by atoms with Crippen molar-refractivity contribution in [2.24, 2.45) is 0 Å². The molecule has 0 aliphatic carbocycles. The zero-order chi connectivity index (χ0) is 19.0. The van der Waals surface area contributed by atoms with E-state index in [1.807, 2.05) is 17.7 Å². The number of anilines is 1. The molecule has 0 bridgehead atoms. The Hall–Kier alpha value is -2.55. The number of nitrogens with zero attached hydrogens (tertiary/aromatic N) is 3. The van der Waals surface area contributed by atoms with Gasteiger partial charge < -0.3 is 14.6 Å². The summed E-state index contributed by atoms with van der Waals surface area (Å²) < 4.78 is 32.5. The zero-order valence-electron chi connectivity index (χ0n) is 15.0. The van der Waals surface area contributed by atoms with E-state index in [4.69, 9.17) is 4.74 Å². The Morgan fingerprint density at radius 1 is 1.31 bits per heavy atom. The maximum atomic E-state index is 12.1. The molecule has 1 heterocycles. The molecular formula is C17H24N4O4S. The standard InChI is InChI=1S/C17H24N4O4S/c1-3-25-16-7-5-15(6-8-16)21(26(2,23)24)13-17(22)19-9-4-11-20-12-10-18-14-20/h5-8,10,12,14H,3-4,9,11,13H2,1-2H3,(H,19,22). The van der Waals surface area contributed by atoms with E-state index < -0.39 is 10.0 Å². The lowest BCUT2D eigenvalue weighted by Crippen LogP contribution is -2.40. The summed E-state index contributed by atoms with van der Waals surface area (Å²) >= 11 is 0. The zero-order valence-corrected chi connectivity index (χ0v) is 15.8. The predicted molar refractivity (Wildman–Crippen MR) is 99.7 cm³/mol. The SMILES string of the molecule is CCOc1ccc(N(CC(=O)NCCCn2ccnc2)S(C)(=O)=O)cc1. The van der Waals surface area contributed by atoms with Crippen LogP contribution in [0.1, 0.15) is 13.3 Å². The Bertz CT molecular complexity index is 789. The maximum Gasteiger partial charge on any atom is 0.240 e. The van der Waals surface area contributed by atoms with E-state index in [9.17, 15) is 13.2 Å². The molecule has 9 heteroatoms. The highest BCUT2D eigenvalue weighted by Crippen LogP contribution is 2.21. The molecule has 0 saturated heterocycles. The monoisotopic (exact) mass is 380 g/mol. The van der Waals surface area contributed by atoms with Crippen molar-refractivity contribution in [1.29, 1.82) is 0 Å². The average molecular weight is 380 g/mol. The number of amides is 1. The molecule has 0 saturated carbocycles. The second kappa shape index (κ2) is 9.23. The number of ether oxygens (including phenoxy) is 1. The van der Waals surface area contributed by atoms with Crippen LogP contribution < -0.4 is 14.4 Å². The van der Waals surface area contributed by atoms with E-state index in [0.717, 1.165) is 23.5 Å². The molecule has 2 aromatic rings. The van der Waals surface area contributed by atoms with Gasteiger partial charge in [0.1, 0.15) is 12.3 Å². The van der Waals surface area contributed by atoms with Crippen LogP contribution >= 0.6 is 0 Å². The van der Waals surface area contributed by atoms with Gasteiger partial charge in [-0.2, -0.15) is 0 Å². The second-order valence-corrected chi connectivity index (χ2v) is 7.61. The van der Waals surface area contributed by atoms with Crippen LogP contribution in [0.15, 0.2) is 43.0 Å². The molecule has 1 amide bonds. The first-order valence-corrected chi connectivity index (χ1v) is 10.2. The fraction of sp³-hybridized carbons (Fsp3) is 0.412. The molecule has 0 fully saturated rings. The van der Waals surface area contributed by atoms with Gasteiger partial charge in [0.25, 0.3) is 0 Å². The second-order valence-electron chi connectivity index (χ2n) is 5.70. The van der Waals surface area contributed by atoms with Gasteiger partial charge in [0, 0.05) is 25.5 Å². The lowest BCUT2D eigenvalue weighted by atomic mass is 10.3. The van der Waals surface area contributed by atoms with Crippen molar-refractivity contribution in [2.45, 2.75) is 19.9 Å². The molecule has 0 spiro atoms. The summed E-state index contributed by atoms with van der Waals surface area (Å²) in [6, 6.07) is 6.61. The molecule has 1 aromatic heterocycles. The van der Waals surface area contributed by atoms with Gasteiger partial charge in [-0.3, -0.25) is 9.10 Å². The van der Waals surface area contributed by atoms with E-state index in [0.29, 0.717) is 24.6 Å². The normalized spacial score (nSPS) is 11.2. The third-order valence-corrected chi connectivity index (χ3v) is 4.74. The summed E-state index contributed by atoms with van der Waals surface area (Å²) in [5.41, 5.74) is 0.421. The number of aromatic nitrogens is 2. The highest BCUT2D eigenvalue weighted by atomic mass is 32.2. The minimum Gasteiger partial charge on any atom is -0.494 e. The minimum absolute atomic E-state index is 0.266. The van der Waals surface area contributed by atoms with Gasteiger partial charge in [0.2, 0.25) is 15.9 Å². The van der Waals surface area contributed by atoms with Crippen molar-refractivity contribution in [1.82, 2.24) is 14.9 Å². The van der Waals surface area contributed by atoms with Crippen LogP contribution in [0, 0.1) is 0 Å². The molecule has 1 aromatic carbocycles. The largest absolute Gasteiger partial charge is 0.494 e. The smallest absolute Gasteiger partial charge is 0.240 e. The van der Waals surface area contributed by atoms with Crippen LogP contribution in [0.4, 0.5) is 5.69 Å². The summed E-state index contributed by atoms with van der Waals surface area (Å²) in [6.45, 7) is 3.31. The van der Waals surface area contributed by atoms with E-state index in [1.165, 1.54) is 0 Å². The predicted octanol–water partition coefficient (Wildman–Crippen LogP) is 1.25. The van der Waals surface area contributed by atoms with Crippen molar-refractivity contribution in [3.05, 3.63) is 43.0 Å². The quantitative estimate of drug-likeness (QED) is 0.626. The number of hydrogen-bond acceptors (Lipinski definition) is 5. The number of benzene rings is 1. The third-order valence-electron chi connectivity index (χ3n) is 3.60.